The summed E-state index contributed by atoms with van der Waals surface area (Å²) in [7, 11) is 1.76. The Morgan fingerprint density at radius 3 is 2.45 bits per heavy atom. The first-order valence-corrected chi connectivity index (χ1v) is 7.15. The Balaban J connectivity index is 2.96. The van der Waals surface area contributed by atoms with Gasteiger partial charge in [0.05, 0.1) is 19.3 Å². The second-order valence-corrected chi connectivity index (χ2v) is 6.27. The molecule has 0 amide bonds. The van der Waals surface area contributed by atoms with Crippen LogP contribution in [0.25, 0.3) is 0 Å². The molecule has 1 aliphatic heterocycles. The van der Waals surface area contributed by atoms with Crippen molar-refractivity contribution < 1.29 is 19.7 Å². The van der Waals surface area contributed by atoms with E-state index >= 15 is 0 Å². The fourth-order valence-corrected chi connectivity index (χ4v) is 2.84. The highest BCUT2D eigenvalue weighted by atomic mass is 16.5. The van der Waals surface area contributed by atoms with Crippen molar-refractivity contribution in [2.75, 3.05) is 26.8 Å². The first-order valence-electron chi connectivity index (χ1n) is 7.15. The van der Waals surface area contributed by atoms with Crippen LogP contribution in [0.3, 0.4) is 0 Å². The van der Waals surface area contributed by atoms with E-state index in [2.05, 4.69) is 5.32 Å². The number of aliphatic hydroxyl groups is 1. The normalized spacial score (nSPS) is 25.7. The average Bonchev–Trinajstić information content (AvgIpc) is 2.38. The minimum Gasteiger partial charge on any atom is -0.480 e. The van der Waals surface area contributed by atoms with Gasteiger partial charge in [-0.25, -0.2) is 0 Å². The van der Waals surface area contributed by atoms with E-state index < -0.39 is 18.1 Å². The Labute approximate surface area is 121 Å². The van der Waals surface area contributed by atoms with Crippen molar-refractivity contribution in [3.05, 3.63) is 0 Å². The van der Waals surface area contributed by atoms with Crippen LogP contribution in [-0.2, 0) is 9.53 Å². The number of morpholine rings is 1. The van der Waals surface area contributed by atoms with Gasteiger partial charge < -0.3 is 20.3 Å². The van der Waals surface area contributed by atoms with E-state index in [1.54, 1.807) is 14.0 Å². The zero-order chi connectivity index (χ0) is 15.5. The van der Waals surface area contributed by atoms with E-state index in [9.17, 15) is 15.0 Å². The van der Waals surface area contributed by atoms with E-state index in [0.717, 1.165) is 0 Å². The Morgan fingerprint density at radius 1 is 1.40 bits per heavy atom. The number of hydrogen-bond donors (Lipinski definition) is 3. The van der Waals surface area contributed by atoms with Gasteiger partial charge in [0.2, 0.25) is 0 Å². The third kappa shape index (κ3) is 3.69. The summed E-state index contributed by atoms with van der Waals surface area (Å²) in [5, 5.41) is 22.9. The second-order valence-electron chi connectivity index (χ2n) is 6.27. The molecule has 3 N–H and O–H groups in total. The molecule has 1 fully saturated rings. The van der Waals surface area contributed by atoms with Crippen molar-refractivity contribution in [2.45, 2.75) is 51.4 Å². The molecule has 0 aromatic heterocycles. The molecule has 0 saturated carbocycles. The van der Waals surface area contributed by atoms with Crippen LogP contribution in [0, 0.1) is 5.92 Å². The molecule has 6 nitrogen and oxygen atoms in total. The number of ether oxygens (including phenoxy) is 1. The number of carboxylic acid groups (broad SMARTS) is 1. The predicted octanol–water partition coefficient (Wildman–Crippen LogP) is 0.155. The van der Waals surface area contributed by atoms with Gasteiger partial charge in [-0.3, -0.25) is 9.69 Å². The molecular formula is C14H28N2O4. The molecule has 20 heavy (non-hydrogen) atoms. The highest BCUT2D eigenvalue weighted by Gasteiger charge is 2.43. The van der Waals surface area contributed by atoms with Gasteiger partial charge in [0.15, 0.2) is 0 Å². The van der Waals surface area contributed by atoms with Crippen LogP contribution in [-0.4, -0.2) is 71.6 Å². The lowest BCUT2D eigenvalue weighted by Gasteiger charge is -2.47. The summed E-state index contributed by atoms with van der Waals surface area (Å²) in [6.07, 6.45) is -0.722. The molecule has 0 aromatic rings. The Kier molecular flexibility index (Phi) is 5.94. The van der Waals surface area contributed by atoms with Gasteiger partial charge in [0, 0.05) is 24.0 Å². The number of carboxylic acids is 1. The summed E-state index contributed by atoms with van der Waals surface area (Å²) in [4.78, 5) is 13.7. The summed E-state index contributed by atoms with van der Waals surface area (Å²) < 4.78 is 5.44. The SMILES string of the molecule is CN[C@@H](C)[C@H](O)[C@H](C)C(C(=O)O)N1CCOCC1(C)C. The summed E-state index contributed by atoms with van der Waals surface area (Å²) in [5.41, 5.74) is -0.349. The third-order valence-corrected chi connectivity index (χ3v) is 4.30. The number of carbonyl (C=O) groups is 1. The lowest BCUT2D eigenvalue weighted by atomic mass is 9.87. The minimum atomic E-state index is -0.894. The molecule has 1 aliphatic rings. The van der Waals surface area contributed by atoms with Crippen LogP contribution >= 0.6 is 0 Å². The van der Waals surface area contributed by atoms with Crippen molar-refractivity contribution in [1.29, 1.82) is 0 Å². The molecule has 6 heteroatoms. The number of nitrogens with zero attached hydrogens (tertiary/aromatic N) is 1. The van der Waals surface area contributed by atoms with Crippen molar-refractivity contribution >= 4 is 5.97 Å². The molecule has 0 aromatic carbocycles. The zero-order valence-electron chi connectivity index (χ0n) is 13.1. The van der Waals surface area contributed by atoms with E-state index in [1.807, 2.05) is 25.7 Å². The van der Waals surface area contributed by atoms with Crippen molar-refractivity contribution in [3.8, 4) is 0 Å². The van der Waals surface area contributed by atoms with E-state index in [0.29, 0.717) is 19.8 Å². The standard InChI is InChI=1S/C14H28N2O4/c1-9(12(17)10(2)15-5)11(13(18)19)16-6-7-20-8-14(16,3)4/h9-12,15,17H,6-8H2,1-5H3,(H,18,19)/t9-,10+,11?,12-/m1/s1. The van der Waals surface area contributed by atoms with Crippen LogP contribution in [0.15, 0.2) is 0 Å². The van der Waals surface area contributed by atoms with E-state index in [-0.39, 0.29) is 17.5 Å². The third-order valence-electron chi connectivity index (χ3n) is 4.30. The summed E-state index contributed by atoms with van der Waals surface area (Å²) in [5.74, 6) is -1.28. The minimum absolute atomic E-state index is 0.156. The summed E-state index contributed by atoms with van der Waals surface area (Å²) in [6.45, 7) is 9.19. The van der Waals surface area contributed by atoms with Gasteiger partial charge in [-0.05, 0) is 27.8 Å². The lowest BCUT2D eigenvalue weighted by Crippen LogP contribution is -2.63. The number of aliphatic carboxylic acids is 1. The van der Waals surface area contributed by atoms with Gasteiger partial charge in [-0.15, -0.1) is 0 Å². The number of aliphatic hydroxyl groups excluding tert-OH is 1. The van der Waals surface area contributed by atoms with Gasteiger partial charge in [-0.2, -0.15) is 0 Å². The molecule has 0 spiro atoms. The first-order chi connectivity index (χ1) is 9.22. The number of nitrogens with one attached hydrogen (secondary N) is 1. The van der Waals surface area contributed by atoms with Gasteiger partial charge in [0.25, 0.3) is 0 Å². The zero-order valence-corrected chi connectivity index (χ0v) is 13.1. The fourth-order valence-electron chi connectivity index (χ4n) is 2.84. The lowest BCUT2D eigenvalue weighted by molar-refractivity contribution is -0.159. The summed E-state index contributed by atoms with van der Waals surface area (Å²) >= 11 is 0. The van der Waals surface area contributed by atoms with Crippen molar-refractivity contribution in [3.63, 3.8) is 0 Å². The second kappa shape index (κ2) is 6.85. The number of hydrogen-bond acceptors (Lipinski definition) is 5. The molecule has 4 atom stereocenters. The van der Waals surface area contributed by atoms with Crippen LogP contribution in [0.2, 0.25) is 0 Å². The monoisotopic (exact) mass is 288 g/mol. The van der Waals surface area contributed by atoms with E-state index in [1.165, 1.54) is 0 Å². The fraction of sp³-hybridized carbons (Fsp3) is 0.929. The summed E-state index contributed by atoms with van der Waals surface area (Å²) in [6, 6.07) is -0.879. The molecule has 1 saturated heterocycles. The smallest absolute Gasteiger partial charge is 0.321 e. The molecule has 0 radical (unpaired) electrons. The Hall–Kier alpha value is -0.690. The molecular weight excluding hydrogens is 260 g/mol. The maximum Gasteiger partial charge on any atom is 0.321 e. The van der Waals surface area contributed by atoms with Crippen LogP contribution in [0.4, 0.5) is 0 Å². The maximum absolute atomic E-state index is 11.7. The van der Waals surface area contributed by atoms with E-state index in [4.69, 9.17) is 4.74 Å². The molecule has 0 bridgehead atoms. The molecule has 1 heterocycles. The molecule has 1 unspecified atom stereocenters. The first kappa shape index (κ1) is 17.4. The van der Waals surface area contributed by atoms with Crippen molar-refractivity contribution in [2.24, 2.45) is 5.92 Å². The topological polar surface area (TPSA) is 82.0 Å². The molecule has 1 rings (SSSR count). The molecule has 0 aliphatic carbocycles. The van der Waals surface area contributed by atoms with Crippen LogP contribution in [0.1, 0.15) is 27.7 Å². The van der Waals surface area contributed by atoms with Gasteiger partial charge in [-0.1, -0.05) is 6.92 Å². The van der Waals surface area contributed by atoms with Crippen LogP contribution < -0.4 is 5.32 Å². The van der Waals surface area contributed by atoms with Crippen molar-refractivity contribution in [1.82, 2.24) is 10.2 Å². The number of likely N-dealkylation sites (N-methyl/N-ethyl adjacent to an activating group) is 1. The number of rotatable bonds is 6. The van der Waals surface area contributed by atoms with Gasteiger partial charge in [0.1, 0.15) is 6.04 Å². The average molecular weight is 288 g/mol. The predicted molar refractivity (Wildman–Crippen MR) is 76.7 cm³/mol. The highest BCUT2D eigenvalue weighted by molar-refractivity contribution is 5.74. The van der Waals surface area contributed by atoms with Gasteiger partial charge >= 0.3 is 5.97 Å². The molecule has 118 valence electrons. The van der Waals surface area contributed by atoms with Crippen LogP contribution in [0.5, 0.6) is 0 Å². The highest BCUT2D eigenvalue weighted by Crippen LogP contribution is 2.27. The Morgan fingerprint density at radius 2 is 2.00 bits per heavy atom. The Bertz CT molecular complexity index is 335. The quantitative estimate of drug-likeness (QED) is 0.646. The largest absolute Gasteiger partial charge is 0.480 e. The maximum atomic E-state index is 11.7.